The van der Waals surface area contributed by atoms with E-state index < -0.39 is 69.4 Å². The van der Waals surface area contributed by atoms with Crippen molar-refractivity contribution < 1.29 is 32.6 Å². The van der Waals surface area contributed by atoms with Crippen molar-refractivity contribution in [3.63, 3.8) is 0 Å². The molecule has 274 valence electrons. The molecule has 12 nitrogen and oxygen atoms in total. The first kappa shape index (κ1) is 40.0. The molecule has 4 N–H and O–H groups in total. The standard InChI is InChI=1S/C36H57N5O7S/c1-8-14-27(29(42)32(44)37-18-9-2)38-31(43)28-20-25(24(3)4)21-41(28)33(45)30(35(5,6)7)39-34(46)40-36(16-11-10-12-17-36)23-49(47)22-26-15-13-19-48-26/h9,13,15,19,24-25,27-28,30H,2,8,10-12,14,16-18,20-23H2,1,3-7H3,(H,37,44)(H,38,43)(H2,39,40,46)/t25-,27?,28+,30-,49?/m1/s1. The van der Waals surface area contributed by atoms with Gasteiger partial charge in [0, 0.05) is 29.6 Å². The molecule has 1 aliphatic carbocycles. The molecular weight excluding hydrogens is 646 g/mol. The van der Waals surface area contributed by atoms with Crippen LogP contribution < -0.4 is 21.3 Å². The highest BCUT2D eigenvalue weighted by Gasteiger charge is 2.46. The lowest BCUT2D eigenvalue weighted by atomic mass is 9.83. The molecule has 1 aromatic heterocycles. The highest BCUT2D eigenvalue weighted by molar-refractivity contribution is 7.84. The van der Waals surface area contributed by atoms with Gasteiger partial charge in [-0.1, -0.05) is 73.3 Å². The van der Waals surface area contributed by atoms with Crippen LogP contribution in [0.25, 0.3) is 0 Å². The van der Waals surface area contributed by atoms with E-state index in [9.17, 15) is 28.2 Å². The second kappa shape index (κ2) is 18.0. The van der Waals surface area contributed by atoms with Crippen LogP contribution in [0, 0.1) is 17.3 Å². The quantitative estimate of drug-likeness (QED) is 0.149. The topological polar surface area (TPSA) is 167 Å². The van der Waals surface area contributed by atoms with Crippen LogP contribution in [0.2, 0.25) is 0 Å². The minimum Gasteiger partial charge on any atom is -0.468 e. The van der Waals surface area contributed by atoms with Gasteiger partial charge in [-0.3, -0.25) is 23.4 Å². The summed E-state index contributed by atoms with van der Waals surface area (Å²) in [5, 5.41) is 11.3. The summed E-state index contributed by atoms with van der Waals surface area (Å²) in [4.78, 5) is 68.9. The summed E-state index contributed by atoms with van der Waals surface area (Å²) in [5.74, 6) is -1.13. The summed E-state index contributed by atoms with van der Waals surface area (Å²) in [6.45, 7) is 15.5. The Morgan fingerprint density at radius 1 is 1.12 bits per heavy atom. The number of furan rings is 1. The van der Waals surface area contributed by atoms with E-state index in [1.165, 1.54) is 11.0 Å². The van der Waals surface area contributed by atoms with Crippen LogP contribution >= 0.6 is 0 Å². The molecule has 49 heavy (non-hydrogen) atoms. The van der Waals surface area contributed by atoms with Gasteiger partial charge in [-0.25, -0.2) is 4.79 Å². The highest BCUT2D eigenvalue weighted by atomic mass is 32.2. The fourth-order valence-electron chi connectivity index (χ4n) is 6.75. The zero-order valence-electron chi connectivity index (χ0n) is 30.1. The lowest BCUT2D eigenvalue weighted by Crippen LogP contribution is -2.63. The molecular formula is C36H57N5O7S. The van der Waals surface area contributed by atoms with E-state index >= 15 is 0 Å². The zero-order valence-corrected chi connectivity index (χ0v) is 30.9. The van der Waals surface area contributed by atoms with Crippen molar-refractivity contribution >= 4 is 40.3 Å². The van der Waals surface area contributed by atoms with Crippen LogP contribution in [0.15, 0.2) is 35.5 Å². The number of nitrogens with zero attached hydrogens (tertiary/aromatic N) is 1. The molecule has 0 radical (unpaired) electrons. The maximum atomic E-state index is 14.4. The van der Waals surface area contributed by atoms with Crippen LogP contribution in [0.1, 0.15) is 98.7 Å². The maximum Gasteiger partial charge on any atom is 0.315 e. The summed E-state index contributed by atoms with van der Waals surface area (Å²) < 4.78 is 18.6. The molecule has 1 saturated carbocycles. The van der Waals surface area contributed by atoms with Crippen LogP contribution in [0.3, 0.4) is 0 Å². The number of urea groups is 1. The number of Topliss-reactive ketones (excluding diaryl/α,β-unsaturated/α-hetero) is 1. The van der Waals surface area contributed by atoms with Gasteiger partial charge < -0.3 is 30.6 Å². The van der Waals surface area contributed by atoms with Gasteiger partial charge in [0.05, 0.1) is 23.6 Å². The lowest BCUT2D eigenvalue weighted by Gasteiger charge is -2.40. The van der Waals surface area contributed by atoms with Gasteiger partial charge in [0.1, 0.15) is 17.8 Å². The Morgan fingerprint density at radius 2 is 1.82 bits per heavy atom. The predicted octanol–water partition coefficient (Wildman–Crippen LogP) is 3.97. The third kappa shape index (κ3) is 11.3. The smallest absolute Gasteiger partial charge is 0.315 e. The van der Waals surface area contributed by atoms with E-state index in [1.807, 2.05) is 41.5 Å². The Balaban J connectivity index is 1.80. The number of rotatable bonds is 16. The molecule has 0 aromatic carbocycles. The number of hydrogen-bond acceptors (Lipinski definition) is 7. The maximum absolute atomic E-state index is 14.4. The first-order valence-corrected chi connectivity index (χ1v) is 19.1. The van der Waals surface area contributed by atoms with E-state index in [0.717, 1.165) is 19.3 Å². The molecule has 0 bridgehead atoms. The van der Waals surface area contributed by atoms with Gasteiger partial charge in [-0.2, -0.15) is 0 Å². The van der Waals surface area contributed by atoms with Crippen molar-refractivity contribution in [3.05, 3.63) is 36.8 Å². The molecule has 2 heterocycles. The molecule has 0 spiro atoms. The van der Waals surface area contributed by atoms with E-state index in [2.05, 4.69) is 27.8 Å². The number of carbonyl (C=O) groups excluding carboxylic acids is 5. The summed E-state index contributed by atoms with van der Waals surface area (Å²) in [6.07, 6.45) is 8.36. The number of nitrogens with one attached hydrogen (secondary N) is 4. The van der Waals surface area contributed by atoms with Gasteiger partial charge in [0.25, 0.3) is 5.91 Å². The first-order valence-electron chi connectivity index (χ1n) is 17.6. The SMILES string of the molecule is C=CCNC(=O)C(=O)C(CCC)NC(=O)[C@@H]1C[C@@H](C(C)C)CN1C(=O)[C@@H](NC(=O)NC1(CS(=O)Cc2ccco2)CCCCC1)C(C)(C)C. The minimum absolute atomic E-state index is 0.0139. The van der Waals surface area contributed by atoms with Crippen LogP contribution in [-0.2, 0) is 35.7 Å². The monoisotopic (exact) mass is 703 g/mol. The summed E-state index contributed by atoms with van der Waals surface area (Å²) in [6, 6.07) is 0.106. The number of hydrogen-bond donors (Lipinski definition) is 4. The lowest BCUT2D eigenvalue weighted by molar-refractivity contribution is -0.143. The van der Waals surface area contributed by atoms with E-state index in [0.29, 0.717) is 38.0 Å². The van der Waals surface area contributed by atoms with Crippen molar-refractivity contribution in [1.82, 2.24) is 26.2 Å². The minimum atomic E-state index is -1.29. The first-order chi connectivity index (χ1) is 23.1. The normalized spacial score (nSPS) is 20.9. The predicted molar refractivity (Wildman–Crippen MR) is 190 cm³/mol. The van der Waals surface area contributed by atoms with Crippen LogP contribution in [0.4, 0.5) is 4.79 Å². The Labute approximate surface area is 293 Å². The Bertz CT molecular complexity index is 1330. The molecule has 3 rings (SSSR count). The summed E-state index contributed by atoms with van der Waals surface area (Å²) in [5.41, 5.74) is -1.42. The third-order valence-corrected chi connectivity index (χ3v) is 11.1. The molecule has 2 unspecified atom stereocenters. The molecule has 2 aliphatic rings. The van der Waals surface area contributed by atoms with Crippen molar-refractivity contribution in [2.75, 3.05) is 18.8 Å². The molecule has 2 fully saturated rings. The van der Waals surface area contributed by atoms with Crippen molar-refractivity contribution in [3.8, 4) is 0 Å². The number of ketones is 1. The highest BCUT2D eigenvalue weighted by Crippen LogP contribution is 2.33. The zero-order chi connectivity index (χ0) is 36.4. The Hall–Kier alpha value is -3.48. The number of carbonyl (C=O) groups is 5. The van der Waals surface area contributed by atoms with Crippen LogP contribution in [-0.4, -0.2) is 81.2 Å². The molecule has 1 aliphatic heterocycles. The van der Waals surface area contributed by atoms with Gasteiger partial charge >= 0.3 is 6.03 Å². The van der Waals surface area contributed by atoms with Gasteiger partial charge in [-0.05, 0) is 55.1 Å². The van der Waals surface area contributed by atoms with Crippen molar-refractivity contribution in [1.29, 1.82) is 0 Å². The fourth-order valence-corrected chi connectivity index (χ4v) is 8.31. The largest absolute Gasteiger partial charge is 0.468 e. The second-order valence-electron chi connectivity index (χ2n) is 15.0. The van der Waals surface area contributed by atoms with Gasteiger partial charge in [0.2, 0.25) is 17.6 Å². The third-order valence-electron chi connectivity index (χ3n) is 9.60. The van der Waals surface area contributed by atoms with Gasteiger partial charge in [0.15, 0.2) is 0 Å². The fraction of sp³-hybridized carbons (Fsp3) is 0.694. The van der Waals surface area contributed by atoms with E-state index in [1.54, 1.807) is 18.4 Å². The summed E-state index contributed by atoms with van der Waals surface area (Å²) in [7, 11) is -1.29. The van der Waals surface area contributed by atoms with E-state index in [-0.39, 0.29) is 36.3 Å². The molecule has 13 heteroatoms. The average molecular weight is 704 g/mol. The van der Waals surface area contributed by atoms with Crippen molar-refractivity contribution in [2.45, 2.75) is 122 Å². The Morgan fingerprint density at radius 3 is 2.39 bits per heavy atom. The van der Waals surface area contributed by atoms with Gasteiger partial charge in [-0.15, -0.1) is 6.58 Å². The average Bonchev–Trinajstić information content (AvgIpc) is 3.72. The molecule has 5 amide bonds. The van der Waals surface area contributed by atoms with Crippen molar-refractivity contribution in [2.24, 2.45) is 17.3 Å². The molecule has 1 aromatic rings. The summed E-state index contributed by atoms with van der Waals surface area (Å²) >= 11 is 0. The molecule has 1 saturated heterocycles. The van der Waals surface area contributed by atoms with Crippen LogP contribution in [0.5, 0.6) is 0 Å². The Kier molecular flexibility index (Phi) is 14.6. The van der Waals surface area contributed by atoms with E-state index in [4.69, 9.17) is 4.42 Å². The number of likely N-dealkylation sites (tertiary alicyclic amines) is 1. The molecule has 5 atom stereocenters. The number of amides is 5. The second-order valence-corrected chi connectivity index (χ2v) is 16.5.